The van der Waals surface area contributed by atoms with Gasteiger partial charge in [0.05, 0.1) is 5.69 Å². The molecular formula is C15H22N4. The lowest BCUT2D eigenvalue weighted by atomic mass is 10.0. The topological polar surface area (TPSA) is 42.7 Å². The van der Waals surface area contributed by atoms with E-state index in [9.17, 15) is 0 Å². The van der Waals surface area contributed by atoms with Crippen LogP contribution in [0.5, 0.6) is 0 Å². The van der Waals surface area contributed by atoms with Gasteiger partial charge in [0.1, 0.15) is 0 Å². The summed E-state index contributed by atoms with van der Waals surface area (Å²) in [6, 6.07) is 6.58. The number of hydrogen-bond donors (Lipinski definition) is 1. The minimum Gasteiger partial charge on any atom is -0.313 e. The fraction of sp³-hybridized carbons (Fsp3) is 0.467. The third-order valence-corrected chi connectivity index (χ3v) is 3.42. The summed E-state index contributed by atoms with van der Waals surface area (Å²) in [7, 11) is 1.99. The van der Waals surface area contributed by atoms with Gasteiger partial charge in [-0.15, -0.1) is 0 Å². The van der Waals surface area contributed by atoms with E-state index in [0.29, 0.717) is 0 Å². The number of aryl methyl sites for hydroxylation is 2. The van der Waals surface area contributed by atoms with Crippen molar-refractivity contribution in [2.45, 2.75) is 39.3 Å². The van der Waals surface area contributed by atoms with E-state index in [1.54, 1.807) is 0 Å². The molecule has 1 unspecified atom stereocenters. The highest BCUT2D eigenvalue weighted by molar-refractivity contribution is 5.19. The summed E-state index contributed by atoms with van der Waals surface area (Å²) < 4.78 is 2.10. The zero-order chi connectivity index (χ0) is 13.7. The molecule has 102 valence electrons. The van der Waals surface area contributed by atoms with Crippen molar-refractivity contribution in [1.29, 1.82) is 0 Å². The van der Waals surface area contributed by atoms with Crippen molar-refractivity contribution in [3.63, 3.8) is 0 Å². The second kappa shape index (κ2) is 6.48. The van der Waals surface area contributed by atoms with Crippen LogP contribution in [0.25, 0.3) is 0 Å². The summed E-state index contributed by atoms with van der Waals surface area (Å²) in [5, 5.41) is 7.97. The average molecular weight is 258 g/mol. The molecule has 2 aromatic rings. The molecule has 1 N–H and O–H groups in total. The molecule has 4 heteroatoms. The molecule has 0 saturated carbocycles. The lowest BCUT2D eigenvalue weighted by Gasteiger charge is -2.16. The quantitative estimate of drug-likeness (QED) is 0.865. The third kappa shape index (κ3) is 3.20. The predicted molar refractivity (Wildman–Crippen MR) is 77.0 cm³/mol. The van der Waals surface area contributed by atoms with Crippen LogP contribution in [0.2, 0.25) is 0 Å². The Morgan fingerprint density at radius 2 is 2.21 bits per heavy atom. The smallest absolute Gasteiger partial charge is 0.0624 e. The van der Waals surface area contributed by atoms with Crippen LogP contribution in [-0.4, -0.2) is 21.8 Å². The minimum absolute atomic E-state index is 0.278. The lowest BCUT2D eigenvalue weighted by molar-refractivity contribution is 0.539. The summed E-state index contributed by atoms with van der Waals surface area (Å²) in [5.74, 6) is 0. The summed E-state index contributed by atoms with van der Waals surface area (Å²) in [5.41, 5.74) is 3.66. The summed E-state index contributed by atoms with van der Waals surface area (Å²) in [6.07, 6.45) is 5.65. The van der Waals surface area contributed by atoms with Crippen LogP contribution < -0.4 is 5.32 Å². The number of nitrogens with zero attached hydrogens (tertiary/aromatic N) is 3. The molecule has 0 amide bonds. The van der Waals surface area contributed by atoms with Crippen LogP contribution in [0.4, 0.5) is 0 Å². The second-order valence-electron chi connectivity index (χ2n) is 4.63. The molecule has 0 bridgehead atoms. The maximum Gasteiger partial charge on any atom is 0.0624 e. The number of aromatic nitrogens is 3. The SMILES string of the molecule is CCc1cc(CC(NC)c2cccnc2)n(CC)n1. The fourth-order valence-electron chi connectivity index (χ4n) is 2.30. The minimum atomic E-state index is 0.278. The van der Waals surface area contributed by atoms with Crippen molar-refractivity contribution in [2.75, 3.05) is 7.05 Å². The molecule has 0 fully saturated rings. The van der Waals surface area contributed by atoms with Gasteiger partial charge in [0, 0.05) is 37.1 Å². The predicted octanol–water partition coefficient (Wildman–Crippen LogP) is 2.36. The number of likely N-dealkylation sites (N-methyl/N-ethyl adjacent to an activating group) is 1. The first-order valence-corrected chi connectivity index (χ1v) is 6.91. The van der Waals surface area contributed by atoms with Crippen molar-refractivity contribution in [3.8, 4) is 0 Å². The van der Waals surface area contributed by atoms with Crippen LogP contribution in [0.3, 0.4) is 0 Å². The van der Waals surface area contributed by atoms with Crippen LogP contribution in [0, 0.1) is 0 Å². The first kappa shape index (κ1) is 13.7. The molecule has 2 rings (SSSR count). The number of rotatable bonds is 6. The standard InChI is InChI=1S/C15H22N4/c1-4-13-9-14(19(5-2)18-13)10-15(16-3)12-7-6-8-17-11-12/h6-9,11,15-16H,4-5,10H2,1-3H3. The Labute approximate surface area is 114 Å². The monoisotopic (exact) mass is 258 g/mol. The lowest BCUT2D eigenvalue weighted by Crippen LogP contribution is -2.20. The van der Waals surface area contributed by atoms with Gasteiger partial charge in [-0.3, -0.25) is 9.67 Å². The van der Waals surface area contributed by atoms with E-state index in [0.717, 1.165) is 25.1 Å². The summed E-state index contributed by atoms with van der Waals surface area (Å²) >= 11 is 0. The van der Waals surface area contributed by atoms with Crippen LogP contribution >= 0.6 is 0 Å². The highest BCUT2D eigenvalue weighted by Crippen LogP contribution is 2.18. The molecule has 0 radical (unpaired) electrons. The fourth-order valence-corrected chi connectivity index (χ4v) is 2.30. The van der Waals surface area contributed by atoms with Gasteiger partial charge >= 0.3 is 0 Å². The van der Waals surface area contributed by atoms with Crippen LogP contribution in [0.1, 0.15) is 36.8 Å². The highest BCUT2D eigenvalue weighted by Gasteiger charge is 2.14. The van der Waals surface area contributed by atoms with Gasteiger partial charge in [0.25, 0.3) is 0 Å². The maximum atomic E-state index is 4.60. The zero-order valence-electron chi connectivity index (χ0n) is 11.9. The summed E-state index contributed by atoms with van der Waals surface area (Å²) in [6.45, 7) is 5.19. The van der Waals surface area contributed by atoms with Crippen molar-refractivity contribution in [3.05, 3.63) is 47.5 Å². The molecule has 4 nitrogen and oxygen atoms in total. The molecule has 1 atom stereocenters. The van der Waals surface area contributed by atoms with Crippen molar-refractivity contribution in [2.24, 2.45) is 0 Å². The van der Waals surface area contributed by atoms with E-state index in [4.69, 9.17) is 0 Å². The Morgan fingerprint density at radius 3 is 2.79 bits per heavy atom. The van der Waals surface area contributed by atoms with E-state index in [1.165, 1.54) is 11.3 Å². The second-order valence-corrected chi connectivity index (χ2v) is 4.63. The Morgan fingerprint density at radius 1 is 1.37 bits per heavy atom. The molecule has 0 aliphatic rings. The molecule has 2 aromatic heterocycles. The normalized spacial score (nSPS) is 12.6. The number of pyridine rings is 1. The largest absolute Gasteiger partial charge is 0.313 e. The van der Waals surface area contributed by atoms with Crippen molar-refractivity contribution in [1.82, 2.24) is 20.1 Å². The molecule has 0 saturated heterocycles. The molecule has 19 heavy (non-hydrogen) atoms. The Balaban J connectivity index is 2.21. The van der Waals surface area contributed by atoms with Gasteiger partial charge in [-0.25, -0.2) is 0 Å². The molecule has 0 aliphatic heterocycles. The molecule has 0 aromatic carbocycles. The van der Waals surface area contributed by atoms with Gasteiger partial charge in [0.15, 0.2) is 0 Å². The first-order chi connectivity index (χ1) is 9.28. The van der Waals surface area contributed by atoms with Gasteiger partial charge in [-0.1, -0.05) is 13.0 Å². The van der Waals surface area contributed by atoms with E-state index in [1.807, 2.05) is 25.5 Å². The molecular weight excluding hydrogens is 236 g/mol. The van der Waals surface area contributed by atoms with Gasteiger partial charge in [-0.2, -0.15) is 5.10 Å². The number of nitrogens with one attached hydrogen (secondary N) is 1. The molecule has 2 heterocycles. The van der Waals surface area contributed by atoms with E-state index < -0.39 is 0 Å². The average Bonchev–Trinajstić information content (AvgIpc) is 2.87. The molecule has 0 spiro atoms. The van der Waals surface area contributed by atoms with Crippen LogP contribution in [-0.2, 0) is 19.4 Å². The maximum absolute atomic E-state index is 4.60. The van der Waals surface area contributed by atoms with E-state index in [2.05, 4.69) is 46.1 Å². The zero-order valence-corrected chi connectivity index (χ0v) is 11.9. The Hall–Kier alpha value is -1.68. The van der Waals surface area contributed by atoms with Gasteiger partial charge in [-0.05, 0) is 38.1 Å². The third-order valence-electron chi connectivity index (χ3n) is 3.42. The first-order valence-electron chi connectivity index (χ1n) is 6.91. The van der Waals surface area contributed by atoms with Gasteiger partial charge in [0.2, 0.25) is 0 Å². The van der Waals surface area contributed by atoms with E-state index >= 15 is 0 Å². The summed E-state index contributed by atoms with van der Waals surface area (Å²) in [4.78, 5) is 4.20. The Kier molecular flexibility index (Phi) is 4.68. The highest BCUT2D eigenvalue weighted by atomic mass is 15.3. The van der Waals surface area contributed by atoms with Crippen molar-refractivity contribution >= 4 is 0 Å². The van der Waals surface area contributed by atoms with Crippen LogP contribution in [0.15, 0.2) is 30.6 Å². The van der Waals surface area contributed by atoms with Crippen molar-refractivity contribution < 1.29 is 0 Å². The van der Waals surface area contributed by atoms with E-state index in [-0.39, 0.29) is 6.04 Å². The molecule has 0 aliphatic carbocycles. The Bertz CT molecular complexity index is 504. The van der Waals surface area contributed by atoms with Gasteiger partial charge < -0.3 is 5.32 Å². The number of hydrogen-bond acceptors (Lipinski definition) is 3.